The molecule has 21 heavy (non-hydrogen) atoms. The van der Waals surface area contributed by atoms with Gasteiger partial charge in [0.15, 0.2) is 0 Å². The first-order valence-electron chi connectivity index (χ1n) is 7.73. The van der Waals surface area contributed by atoms with Gasteiger partial charge in [-0.25, -0.2) is 0 Å². The Morgan fingerprint density at radius 1 is 1.24 bits per heavy atom. The molecule has 4 nitrogen and oxygen atoms in total. The van der Waals surface area contributed by atoms with Gasteiger partial charge < -0.3 is 4.90 Å². The number of pyridine rings is 1. The van der Waals surface area contributed by atoms with Gasteiger partial charge in [-0.1, -0.05) is 12.8 Å². The van der Waals surface area contributed by atoms with Crippen LogP contribution < -0.4 is 0 Å². The van der Waals surface area contributed by atoms with Crippen LogP contribution in [-0.2, 0) is 4.79 Å². The highest BCUT2D eigenvalue weighted by Crippen LogP contribution is 2.22. The van der Waals surface area contributed by atoms with E-state index in [1.54, 1.807) is 6.92 Å². The van der Waals surface area contributed by atoms with E-state index < -0.39 is 0 Å². The lowest BCUT2D eigenvalue weighted by Crippen LogP contribution is -2.41. The summed E-state index contributed by atoms with van der Waals surface area (Å²) in [6.07, 6.45) is 4.61. The van der Waals surface area contributed by atoms with Crippen LogP contribution in [-0.4, -0.2) is 34.2 Å². The van der Waals surface area contributed by atoms with Crippen molar-refractivity contribution in [3.05, 3.63) is 29.1 Å². The Morgan fingerprint density at radius 2 is 2.00 bits per heavy atom. The second-order valence-corrected chi connectivity index (χ2v) is 5.99. The summed E-state index contributed by atoms with van der Waals surface area (Å²) in [5.74, 6) is 0.173. The van der Waals surface area contributed by atoms with Crippen LogP contribution in [0.4, 0.5) is 0 Å². The maximum atomic E-state index is 12.9. The molecule has 1 aromatic heterocycles. The van der Waals surface area contributed by atoms with Crippen molar-refractivity contribution in [1.82, 2.24) is 9.88 Å². The predicted octanol–water partition coefficient (Wildman–Crippen LogP) is 3.06. The molecule has 1 saturated heterocycles. The molecule has 1 amide bonds. The van der Waals surface area contributed by atoms with Gasteiger partial charge in [0.1, 0.15) is 5.78 Å². The van der Waals surface area contributed by atoms with Crippen LogP contribution in [0.1, 0.15) is 60.8 Å². The van der Waals surface area contributed by atoms with Crippen molar-refractivity contribution in [2.45, 2.75) is 58.9 Å². The van der Waals surface area contributed by atoms with Crippen molar-refractivity contribution in [3.63, 3.8) is 0 Å². The first-order valence-corrected chi connectivity index (χ1v) is 7.73. The third kappa shape index (κ3) is 3.90. The summed E-state index contributed by atoms with van der Waals surface area (Å²) in [6, 6.07) is 3.77. The normalized spacial score (nSPS) is 19.2. The summed E-state index contributed by atoms with van der Waals surface area (Å²) in [6.45, 7) is 6.14. The Hall–Kier alpha value is -1.71. The summed E-state index contributed by atoms with van der Waals surface area (Å²) >= 11 is 0. The summed E-state index contributed by atoms with van der Waals surface area (Å²) in [5, 5.41) is 0. The van der Waals surface area contributed by atoms with Crippen LogP contribution in [0, 0.1) is 13.8 Å². The molecule has 0 radical (unpaired) electrons. The number of carbonyl (C=O) groups excluding carboxylic acids is 2. The van der Waals surface area contributed by atoms with Crippen LogP contribution >= 0.6 is 0 Å². The van der Waals surface area contributed by atoms with Gasteiger partial charge in [0.05, 0.1) is 11.3 Å². The van der Waals surface area contributed by atoms with E-state index in [2.05, 4.69) is 4.98 Å². The fraction of sp³-hybridized carbons (Fsp3) is 0.588. The highest BCUT2D eigenvalue weighted by molar-refractivity contribution is 5.95. The molecule has 0 spiro atoms. The van der Waals surface area contributed by atoms with Crippen molar-refractivity contribution in [1.29, 1.82) is 0 Å². The summed E-state index contributed by atoms with van der Waals surface area (Å²) < 4.78 is 0. The van der Waals surface area contributed by atoms with Crippen LogP contribution in [0.3, 0.4) is 0 Å². The maximum absolute atomic E-state index is 12.9. The number of Topliss-reactive ketones (excluding diaryl/α,β-unsaturated/α-hetero) is 1. The summed E-state index contributed by atoms with van der Waals surface area (Å²) in [4.78, 5) is 30.6. The number of nitrogens with zero attached hydrogens (tertiary/aromatic N) is 2. The molecule has 1 aromatic rings. The van der Waals surface area contributed by atoms with Crippen LogP contribution in [0.15, 0.2) is 12.1 Å². The molecule has 0 bridgehead atoms. The van der Waals surface area contributed by atoms with E-state index in [9.17, 15) is 9.59 Å². The average molecular weight is 288 g/mol. The van der Waals surface area contributed by atoms with E-state index in [1.165, 1.54) is 0 Å². The molecule has 0 aromatic carbocycles. The van der Waals surface area contributed by atoms with Crippen molar-refractivity contribution in [2.24, 2.45) is 0 Å². The number of aromatic nitrogens is 1. The highest BCUT2D eigenvalue weighted by atomic mass is 16.2. The average Bonchev–Trinajstić information content (AvgIpc) is 2.63. The third-order valence-electron chi connectivity index (χ3n) is 4.12. The van der Waals surface area contributed by atoms with Gasteiger partial charge in [-0.3, -0.25) is 14.6 Å². The first-order chi connectivity index (χ1) is 9.99. The number of rotatable bonds is 3. The number of hydrogen-bond donors (Lipinski definition) is 0. The Kier molecular flexibility index (Phi) is 5.10. The van der Waals surface area contributed by atoms with E-state index in [0.29, 0.717) is 12.0 Å². The monoisotopic (exact) mass is 288 g/mol. The number of ketones is 1. The Bertz CT molecular complexity index is 540. The Morgan fingerprint density at radius 3 is 2.67 bits per heavy atom. The topological polar surface area (TPSA) is 50.3 Å². The van der Waals surface area contributed by atoms with Gasteiger partial charge in [-0.05, 0) is 45.7 Å². The summed E-state index contributed by atoms with van der Waals surface area (Å²) in [7, 11) is 0. The fourth-order valence-corrected chi connectivity index (χ4v) is 3.06. The zero-order valence-corrected chi connectivity index (χ0v) is 13.2. The Labute approximate surface area is 126 Å². The molecule has 1 fully saturated rings. The van der Waals surface area contributed by atoms with E-state index in [1.807, 2.05) is 30.9 Å². The predicted molar refractivity (Wildman–Crippen MR) is 82.3 cm³/mol. The van der Waals surface area contributed by atoms with Crippen LogP contribution in [0.2, 0.25) is 0 Å². The lowest BCUT2D eigenvalue weighted by atomic mass is 10.0. The second kappa shape index (κ2) is 6.83. The number of hydrogen-bond acceptors (Lipinski definition) is 3. The van der Waals surface area contributed by atoms with E-state index in [4.69, 9.17) is 0 Å². The molecule has 1 atom stereocenters. The maximum Gasteiger partial charge on any atom is 0.255 e. The van der Waals surface area contributed by atoms with Crippen LogP contribution in [0.25, 0.3) is 0 Å². The van der Waals surface area contributed by atoms with E-state index >= 15 is 0 Å². The minimum absolute atomic E-state index is 0.0214. The highest BCUT2D eigenvalue weighted by Gasteiger charge is 2.28. The van der Waals surface area contributed by atoms with Gasteiger partial charge in [0.25, 0.3) is 5.91 Å². The number of likely N-dealkylation sites (tertiary alicyclic amines) is 1. The minimum Gasteiger partial charge on any atom is -0.335 e. The van der Waals surface area contributed by atoms with Crippen LogP contribution in [0.5, 0.6) is 0 Å². The zero-order chi connectivity index (χ0) is 15.4. The Balaban J connectivity index is 2.26. The molecular weight excluding hydrogens is 264 g/mol. The molecule has 1 aliphatic rings. The standard InChI is InChI=1S/C17H24N2O2/c1-12-8-9-16(14(3)18-12)17(21)19-10-6-4-5-7-15(19)11-13(2)20/h8-9,15H,4-7,10-11H2,1-3H3. The van der Waals surface area contributed by atoms with Crippen molar-refractivity contribution in [3.8, 4) is 0 Å². The molecular formula is C17H24N2O2. The van der Waals surface area contributed by atoms with E-state index in [-0.39, 0.29) is 17.7 Å². The third-order valence-corrected chi connectivity index (χ3v) is 4.12. The van der Waals surface area contributed by atoms with Gasteiger partial charge in [-0.2, -0.15) is 0 Å². The molecule has 0 N–H and O–H groups in total. The molecule has 0 aliphatic carbocycles. The smallest absolute Gasteiger partial charge is 0.255 e. The van der Waals surface area contributed by atoms with Gasteiger partial charge in [0.2, 0.25) is 0 Å². The lowest BCUT2D eigenvalue weighted by Gasteiger charge is -2.30. The molecule has 2 heterocycles. The molecule has 1 unspecified atom stereocenters. The number of carbonyl (C=O) groups is 2. The largest absolute Gasteiger partial charge is 0.335 e. The molecule has 2 rings (SSSR count). The van der Waals surface area contributed by atoms with Crippen molar-refractivity contribution >= 4 is 11.7 Å². The van der Waals surface area contributed by atoms with Gasteiger partial charge in [0, 0.05) is 24.7 Å². The molecule has 114 valence electrons. The molecule has 1 aliphatic heterocycles. The SMILES string of the molecule is CC(=O)CC1CCCCCN1C(=O)c1ccc(C)nc1C. The van der Waals surface area contributed by atoms with E-state index in [0.717, 1.165) is 43.6 Å². The zero-order valence-electron chi connectivity index (χ0n) is 13.2. The first kappa shape index (κ1) is 15.7. The fourth-order valence-electron chi connectivity index (χ4n) is 3.06. The van der Waals surface area contributed by atoms with Crippen molar-refractivity contribution < 1.29 is 9.59 Å². The number of aryl methyl sites for hydroxylation is 2. The van der Waals surface area contributed by atoms with Crippen molar-refractivity contribution in [2.75, 3.05) is 6.54 Å². The van der Waals surface area contributed by atoms with Gasteiger partial charge in [-0.15, -0.1) is 0 Å². The minimum atomic E-state index is 0.0214. The van der Waals surface area contributed by atoms with Gasteiger partial charge >= 0.3 is 0 Å². The summed E-state index contributed by atoms with van der Waals surface area (Å²) in [5.41, 5.74) is 2.35. The molecule has 4 heteroatoms. The quantitative estimate of drug-likeness (QED) is 0.859. The molecule has 0 saturated carbocycles. The second-order valence-electron chi connectivity index (χ2n) is 5.99. The number of amides is 1. The lowest BCUT2D eigenvalue weighted by molar-refractivity contribution is -0.118.